The van der Waals surface area contributed by atoms with Crippen LogP contribution in [-0.4, -0.2) is 0 Å². The highest BCUT2D eigenvalue weighted by atomic mass is 14.4. The van der Waals surface area contributed by atoms with Crippen LogP contribution in [0.3, 0.4) is 0 Å². The second-order valence-electron chi connectivity index (χ2n) is 22.6. The molecule has 0 aromatic heterocycles. The molecule has 9 aromatic carbocycles. The van der Waals surface area contributed by atoms with E-state index in [1.807, 2.05) is 0 Å². The molecule has 0 unspecified atom stereocenters. The molecule has 0 bridgehead atoms. The molecule has 0 fully saturated rings. The lowest BCUT2D eigenvalue weighted by Gasteiger charge is -2.29. The Bertz CT molecular complexity index is 3400. The second-order valence-corrected chi connectivity index (χ2v) is 22.6. The molecular weight excluding hydrogens is 745 g/mol. The Morgan fingerprint density at radius 1 is 0.274 bits per heavy atom. The van der Waals surface area contributed by atoms with Crippen molar-refractivity contribution in [2.24, 2.45) is 0 Å². The molecule has 0 nitrogen and oxygen atoms in total. The van der Waals surface area contributed by atoms with Crippen molar-refractivity contribution in [1.29, 1.82) is 0 Å². The van der Waals surface area contributed by atoms with Gasteiger partial charge in [0.05, 0.1) is 0 Å². The Morgan fingerprint density at radius 2 is 0.806 bits per heavy atom. The first-order chi connectivity index (χ1) is 29.3. The predicted molar refractivity (Wildman–Crippen MR) is 271 cm³/mol. The summed E-state index contributed by atoms with van der Waals surface area (Å²) in [4.78, 5) is 0. The molecule has 0 heteroatoms. The fraction of sp³-hybridized carbons (Fsp3) is 0.258. The zero-order chi connectivity index (χ0) is 43.4. The summed E-state index contributed by atoms with van der Waals surface area (Å²) in [5.74, 6) is 0. The van der Waals surface area contributed by atoms with Crippen LogP contribution in [0, 0.1) is 0 Å². The normalized spacial score (nSPS) is 13.5. The molecule has 2 aliphatic rings. The highest BCUT2D eigenvalue weighted by molar-refractivity contribution is 6.32. The average Bonchev–Trinajstić information content (AvgIpc) is 3.71. The highest BCUT2D eigenvalue weighted by Gasteiger charge is 2.37. The van der Waals surface area contributed by atoms with Crippen LogP contribution in [0.5, 0.6) is 0 Å². The van der Waals surface area contributed by atoms with Gasteiger partial charge in [-0.1, -0.05) is 198 Å². The maximum absolute atomic E-state index is 2.52. The molecule has 0 saturated heterocycles. The van der Waals surface area contributed by atoms with Crippen molar-refractivity contribution in [3.8, 4) is 66.8 Å². The van der Waals surface area contributed by atoms with Crippen LogP contribution in [0.15, 0.2) is 133 Å². The quantitative estimate of drug-likeness (QED) is 0.153. The van der Waals surface area contributed by atoms with Gasteiger partial charge in [-0.3, -0.25) is 0 Å². The Kier molecular flexibility index (Phi) is 8.03. The van der Waals surface area contributed by atoms with Crippen molar-refractivity contribution in [2.75, 3.05) is 0 Å². The summed E-state index contributed by atoms with van der Waals surface area (Å²) in [5.41, 5.74) is 21.7. The van der Waals surface area contributed by atoms with Crippen LogP contribution in [0.4, 0.5) is 0 Å². The average molecular weight is 803 g/mol. The van der Waals surface area contributed by atoms with Gasteiger partial charge in [0.1, 0.15) is 0 Å². The van der Waals surface area contributed by atoms with E-state index in [2.05, 4.69) is 217 Å². The molecule has 0 aliphatic heterocycles. The number of fused-ring (bicyclic) bond motifs is 9. The number of hydrogen-bond donors (Lipinski definition) is 0. The van der Waals surface area contributed by atoms with E-state index in [9.17, 15) is 0 Å². The van der Waals surface area contributed by atoms with Gasteiger partial charge in [0.15, 0.2) is 0 Å². The van der Waals surface area contributed by atoms with Crippen LogP contribution in [-0.2, 0) is 21.7 Å². The molecule has 62 heavy (non-hydrogen) atoms. The van der Waals surface area contributed by atoms with Crippen LogP contribution in [0.25, 0.3) is 110 Å². The molecule has 11 rings (SSSR count). The summed E-state index contributed by atoms with van der Waals surface area (Å²) in [6, 6.07) is 52.4. The summed E-state index contributed by atoms with van der Waals surface area (Å²) in [7, 11) is 0. The third-order valence-electron chi connectivity index (χ3n) is 14.2. The van der Waals surface area contributed by atoms with E-state index in [1.54, 1.807) is 0 Å². The molecule has 0 spiro atoms. The highest BCUT2D eigenvalue weighted by Crippen LogP contribution is 2.63. The van der Waals surface area contributed by atoms with Gasteiger partial charge in [-0.2, -0.15) is 0 Å². The SMILES string of the molecule is CC(C)(C)c1cccc(-c2c3c(cc4cc(C(C)(C)C)ccc24)-c2ccc4c5c(ccc-3c25)-c2c-4c(-c3ccccc3)c3cc4ccc(C(C)(C)C)cc4cc3c2C(C)(C)C)c1. The van der Waals surface area contributed by atoms with E-state index in [0.717, 1.165) is 0 Å². The smallest absolute Gasteiger partial charge is 0.00107 e. The van der Waals surface area contributed by atoms with Crippen molar-refractivity contribution in [1.82, 2.24) is 0 Å². The van der Waals surface area contributed by atoms with Gasteiger partial charge < -0.3 is 0 Å². The Hall–Kier alpha value is -5.98. The molecule has 2 aliphatic carbocycles. The van der Waals surface area contributed by atoms with Crippen LogP contribution in [0.1, 0.15) is 105 Å². The zero-order valence-electron chi connectivity index (χ0n) is 38.7. The molecule has 0 N–H and O–H groups in total. The molecule has 0 saturated carbocycles. The van der Waals surface area contributed by atoms with E-state index in [4.69, 9.17) is 0 Å². The summed E-state index contributed by atoms with van der Waals surface area (Å²) < 4.78 is 0. The van der Waals surface area contributed by atoms with E-state index in [1.165, 1.54) is 132 Å². The lowest BCUT2D eigenvalue weighted by molar-refractivity contribution is 0.590. The minimum absolute atomic E-state index is 0.0337. The monoisotopic (exact) mass is 802 g/mol. The topological polar surface area (TPSA) is 0 Å². The van der Waals surface area contributed by atoms with Gasteiger partial charge in [0, 0.05) is 0 Å². The molecule has 0 atom stereocenters. The molecule has 0 radical (unpaired) electrons. The molecule has 9 aromatic rings. The minimum Gasteiger partial charge on any atom is -0.0622 e. The summed E-state index contributed by atoms with van der Waals surface area (Å²) in [6.07, 6.45) is 0. The van der Waals surface area contributed by atoms with Crippen molar-refractivity contribution < 1.29 is 0 Å². The third kappa shape index (κ3) is 5.64. The number of rotatable bonds is 2. The van der Waals surface area contributed by atoms with Crippen LogP contribution >= 0.6 is 0 Å². The fourth-order valence-corrected chi connectivity index (χ4v) is 11.1. The maximum atomic E-state index is 2.52. The summed E-state index contributed by atoms with van der Waals surface area (Å²) in [6.45, 7) is 28.2. The lowest BCUT2D eigenvalue weighted by Crippen LogP contribution is -2.14. The fourth-order valence-electron chi connectivity index (χ4n) is 11.1. The number of benzene rings is 9. The van der Waals surface area contributed by atoms with E-state index in [0.29, 0.717) is 0 Å². The van der Waals surface area contributed by atoms with Crippen molar-refractivity contribution in [2.45, 2.75) is 105 Å². The van der Waals surface area contributed by atoms with Gasteiger partial charge in [0.2, 0.25) is 0 Å². The van der Waals surface area contributed by atoms with E-state index < -0.39 is 0 Å². The van der Waals surface area contributed by atoms with Gasteiger partial charge in [-0.25, -0.2) is 0 Å². The van der Waals surface area contributed by atoms with Gasteiger partial charge in [-0.05, 0) is 172 Å². The second kappa shape index (κ2) is 12.8. The van der Waals surface area contributed by atoms with Crippen LogP contribution in [0.2, 0.25) is 0 Å². The first kappa shape index (κ1) is 38.9. The third-order valence-corrected chi connectivity index (χ3v) is 14.2. The first-order valence-corrected chi connectivity index (χ1v) is 22.8. The van der Waals surface area contributed by atoms with Gasteiger partial charge >= 0.3 is 0 Å². The Morgan fingerprint density at radius 3 is 1.47 bits per heavy atom. The van der Waals surface area contributed by atoms with Crippen LogP contribution < -0.4 is 0 Å². The van der Waals surface area contributed by atoms with Crippen molar-refractivity contribution in [3.63, 3.8) is 0 Å². The lowest BCUT2D eigenvalue weighted by atomic mass is 9.75. The van der Waals surface area contributed by atoms with E-state index in [-0.39, 0.29) is 21.7 Å². The van der Waals surface area contributed by atoms with Crippen molar-refractivity contribution >= 4 is 43.1 Å². The molecule has 306 valence electrons. The largest absolute Gasteiger partial charge is 0.0622 e. The zero-order valence-corrected chi connectivity index (χ0v) is 38.7. The van der Waals surface area contributed by atoms with Crippen molar-refractivity contribution in [3.05, 3.63) is 156 Å². The molecule has 0 amide bonds. The molecule has 0 heterocycles. The number of hydrogen-bond acceptors (Lipinski definition) is 0. The predicted octanol–water partition coefficient (Wildman–Crippen LogP) is 18.1. The Balaban J connectivity index is 1.27. The van der Waals surface area contributed by atoms with E-state index >= 15 is 0 Å². The molecular formula is C62H58. The standard InChI is InChI=1S/C62H58/c1-59(2,3)40-20-16-19-37(29-40)52-43-24-23-42(61(7,8)9)31-39(43)34-48-44-25-26-46-54-47(28-27-45(53(44)54)55(48)52)57-56(46)51(35-17-14-13-15-18-35)49-32-36-21-22-41(60(4,5)6)30-38(36)33-50(49)58(57)62(10,11)12/h13-34H,1-12H3. The summed E-state index contributed by atoms with van der Waals surface area (Å²) in [5, 5.41) is 10.7. The Labute approximate surface area is 368 Å². The van der Waals surface area contributed by atoms with Gasteiger partial charge in [0.25, 0.3) is 0 Å². The summed E-state index contributed by atoms with van der Waals surface area (Å²) >= 11 is 0. The first-order valence-electron chi connectivity index (χ1n) is 22.8. The minimum atomic E-state index is -0.125. The van der Waals surface area contributed by atoms with Gasteiger partial charge in [-0.15, -0.1) is 0 Å². The maximum Gasteiger partial charge on any atom is -0.00107 e.